The lowest BCUT2D eigenvalue weighted by molar-refractivity contribution is 0.105. The first kappa shape index (κ1) is 13.0. The molecule has 0 amide bonds. The van der Waals surface area contributed by atoms with E-state index in [1.807, 2.05) is 0 Å². The van der Waals surface area contributed by atoms with Gasteiger partial charge in [-0.2, -0.15) is 0 Å². The molecule has 1 saturated carbocycles. The Balaban J connectivity index is 2.15. The number of aliphatic hydroxyl groups excluding tert-OH is 1. The zero-order valence-corrected chi connectivity index (χ0v) is 11.6. The van der Waals surface area contributed by atoms with E-state index < -0.39 is 6.10 Å². The summed E-state index contributed by atoms with van der Waals surface area (Å²) in [6.07, 6.45) is 3.68. The van der Waals surface area contributed by atoms with Crippen LogP contribution >= 0.6 is 15.9 Å². The maximum Gasteiger partial charge on any atom is 0.143 e. The van der Waals surface area contributed by atoms with Crippen molar-refractivity contribution in [2.24, 2.45) is 11.8 Å². The van der Waals surface area contributed by atoms with Crippen molar-refractivity contribution in [1.29, 1.82) is 0 Å². The van der Waals surface area contributed by atoms with Gasteiger partial charge in [0.15, 0.2) is 0 Å². The van der Waals surface area contributed by atoms with Gasteiger partial charge < -0.3 is 5.11 Å². The highest BCUT2D eigenvalue weighted by molar-refractivity contribution is 9.10. The topological polar surface area (TPSA) is 20.2 Å². The van der Waals surface area contributed by atoms with Crippen LogP contribution in [0, 0.1) is 17.7 Å². The molecule has 94 valence electrons. The Morgan fingerprint density at radius 1 is 1.47 bits per heavy atom. The van der Waals surface area contributed by atoms with E-state index in [9.17, 15) is 9.50 Å². The van der Waals surface area contributed by atoms with Crippen molar-refractivity contribution >= 4 is 15.9 Å². The third kappa shape index (κ3) is 2.71. The molecular formula is C14H18BrFO. The lowest BCUT2D eigenvalue weighted by Gasteiger charge is -2.19. The van der Waals surface area contributed by atoms with Crippen molar-refractivity contribution in [1.82, 2.24) is 0 Å². The van der Waals surface area contributed by atoms with Gasteiger partial charge in [-0.1, -0.05) is 31.9 Å². The highest BCUT2D eigenvalue weighted by Crippen LogP contribution is 2.41. The van der Waals surface area contributed by atoms with Gasteiger partial charge in [0, 0.05) is 5.56 Å². The SMILES string of the molecule is CCC1CCC(C(O)c2cccc(Br)c2F)C1. The Bertz CT molecular complexity index is 394. The second-order valence-electron chi connectivity index (χ2n) is 4.94. The highest BCUT2D eigenvalue weighted by Gasteiger charge is 2.31. The molecule has 1 fully saturated rings. The predicted molar refractivity (Wildman–Crippen MR) is 70.2 cm³/mol. The smallest absolute Gasteiger partial charge is 0.143 e. The molecule has 3 atom stereocenters. The molecule has 0 aliphatic heterocycles. The number of halogens is 2. The fourth-order valence-electron chi connectivity index (χ4n) is 2.77. The Morgan fingerprint density at radius 2 is 2.24 bits per heavy atom. The molecule has 0 aromatic heterocycles. The summed E-state index contributed by atoms with van der Waals surface area (Å²) < 4.78 is 14.3. The van der Waals surface area contributed by atoms with Crippen LogP contribution in [0.5, 0.6) is 0 Å². The maximum atomic E-state index is 13.9. The lowest BCUT2D eigenvalue weighted by Crippen LogP contribution is -2.11. The van der Waals surface area contributed by atoms with E-state index in [1.165, 1.54) is 0 Å². The molecule has 2 rings (SSSR count). The van der Waals surface area contributed by atoms with Crippen LogP contribution in [0.4, 0.5) is 4.39 Å². The third-order valence-electron chi connectivity index (χ3n) is 3.91. The molecule has 1 aliphatic rings. The third-order valence-corrected chi connectivity index (χ3v) is 4.52. The Morgan fingerprint density at radius 3 is 2.88 bits per heavy atom. The summed E-state index contributed by atoms with van der Waals surface area (Å²) in [5.74, 6) is 0.591. The molecule has 1 nitrogen and oxygen atoms in total. The van der Waals surface area contributed by atoms with Crippen molar-refractivity contribution in [3.05, 3.63) is 34.1 Å². The molecule has 0 radical (unpaired) electrons. The summed E-state index contributed by atoms with van der Waals surface area (Å²) in [7, 11) is 0. The van der Waals surface area contributed by atoms with Gasteiger partial charge >= 0.3 is 0 Å². The van der Waals surface area contributed by atoms with Gasteiger partial charge in [0.2, 0.25) is 0 Å². The predicted octanol–water partition coefficient (Wildman–Crippen LogP) is 4.45. The fourth-order valence-corrected chi connectivity index (χ4v) is 3.16. The Kier molecular flexibility index (Phi) is 4.21. The second-order valence-corrected chi connectivity index (χ2v) is 5.79. The van der Waals surface area contributed by atoms with Crippen LogP contribution in [0.25, 0.3) is 0 Å². The molecule has 0 spiro atoms. The molecule has 0 heterocycles. The van der Waals surface area contributed by atoms with E-state index in [1.54, 1.807) is 18.2 Å². The van der Waals surface area contributed by atoms with E-state index in [-0.39, 0.29) is 11.7 Å². The van der Waals surface area contributed by atoms with Crippen LogP contribution < -0.4 is 0 Å². The minimum atomic E-state index is -0.663. The number of hydrogen-bond donors (Lipinski definition) is 1. The number of hydrogen-bond acceptors (Lipinski definition) is 1. The molecule has 1 aliphatic carbocycles. The first-order valence-corrected chi connectivity index (χ1v) is 7.04. The van der Waals surface area contributed by atoms with Crippen molar-refractivity contribution in [3.8, 4) is 0 Å². The maximum absolute atomic E-state index is 13.9. The van der Waals surface area contributed by atoms with Crippen LogP contribution in [0.1, 0.15) is 44.3 Å². The molecule has 1 N–H and O–H groups in total. The average molecular weight is 301 g/mol. The van der Waals surface area contributed by atoms with E-state index in [4.69, 9.17) is 0 Å². The van der Waals surface area contributed by atoms with Gasteiger partial charge in [-0.3, -0.25) is 0 Å². The van der Waals surface area contributed by atoms with Gasteiger partial charge in [0.1, 0.15) is 5.82 Å². The lowest BCUT2D eigenvalue weighted by atomic mass is 9.92. The first-order valence-electron chi connectivity index (χ1n) is 6.25. The van der Waals surface area contributed by atoms with Gasteiger partial charge in [0.05, 0.1) is 10.6 Å². The molecule has 0 bridgehead atoms. The quantitative estimate of drug-likeness (QED) is 0.874. The fraction of sp³-hybridized carbons (Fsp3) is 0.571. The van der Waals surface area contributed by atoms with Gasteiger partial charge in [-0.05, 0) is 46.7 Å². The monoisotopic (exact) mass is 300 g/mol. The minimum Gasteiger partial charge on any atom is -0.388 e. The highest BCUT2D eigenvalue weighted by atomic mass is 79.9. The van der Waals surface area contributed by atoms with Gasteiger partial charge in [-0.25, -0.2) is 4.39 Å². The number of benzene rings is 1. The molecule has 3 unspecified atom stereocenters. The van der Waals surface area contributed by atoms with E-state index in [2.05, 4.69) is 22.9 Å². The summed E-state index contributed by atoms with van der Waals surface area (Å²) in [6, 6.07) is 5.12. The van der Waals surface area contributed by atoms with Gasteiger partial charge in [0.25, 0.3) is 0 Å². The first-order chi connectivity index (χ1) is 8.13. The zero-order valence-electron chi connectivity index (χ0n) is 10.00. The van der Waals surface area contributed by atoms with Crippen LogP contribution in [0.15, 0.2) is 22.7 Å². The molecule has 1 aromatic carbocycles. The van der Waals surface area contributed by atoms with Crippen LogP contribution in [0.2, 0.25) is 0 Å². The standard InChI is InChI=1S/C14H18BrFO/c1-2-9-6-7-10(8-9)14(17)11-4-3-5-12(15)13(11)16/h3-5,9-10,14,17H,2,6-8H2,1H3. The van der Waals surface area contributed by atoms with Crippen molar-refractivity contribution < 1.29 is 9.50 Å². The Hall–Kier alpha value is -0.410. The number of rotatable bonds is 3. The molecule has 0 saturated heterocycles. The normalized spacial score (nSPS) is 26.1. The van der Waals surface area contributed by atoms with Crippen molar-refractivity contribution in [3.63, 3.8) is 0 Å². The average Bonchev–Trinajstić information content (AvgIpc) is 2.80. The summed E-state index contributed by atoms with van der Waals surface area (Å²) >= 11 is 3.16. The molecule has 3 heteroatoms. The van der Waals surface area contributed by atoms with E-state index in [0.717, 1.165) is 25.7 Å². The van der Waals surface area contributed by atoms with Crippen LogP contribution in [-0.4, -0.2) is 5.11 Å². The largest absolute Gasteiger partial charge is 0.388 e. The molecule has 1 aromatic rings. The zero-order chi connectivity index (χ0) is 12.4. The second kappa shape index (κ2) is 5.49. The van der Waals surface area contributed by atoms with Crippen LogP contribution in [0.3, 0.4) is 0 Å². The van der Waals surface area contributed by atoms with Gasteiger partial charge in [-0.15, -0.1) is 0 Å². The number of aliphatic hydroxyl groups is 1. The summed E-state index contributed by atoms with van der Waals surface area (Å²) in [4.78, 5) is 0. The molecular weight excluding hydrogens is 283 g/mol. The van der Waals surface area contributed by atoms with E-state index >= 15 is 0 Å². The molecule has 17 heavy (non-hydrogen) atoms. The van der Waals surface area contributed by atoms with E-state index in [0.29, 0.717) is 16.0 Å². The van der Waals surface area contributed by atoms with Crippen molar-refractivity contribution in [2.45, 2.75) is 38.7 Å². The van der Waals surface area contributed by atoms with Crippen LogP contribution in [-0.2, 0) is 0 Å². The summed E-state index contributed by atoms with van der Waals surface area (Å²) in [5, 5.41) is 10.3. The van der Waals surface area contributed by atoms with Crippen molar-refractivity contribution in [2.75, 3.05) is 0 Å². The summed E-state index contributed by atoms with van der Waals surface area (Å²) in [5.41, 5.74) is 0.432. The minimum absolute atomic E-state index is 0.212. The Labute approximate surface area is 110 Å². The summed E-state index contributed by atoms with van der Waals surface area (Å²) in [6.45, 7) is 2.18.